The smallest absolute Gasteiger partial charge is 0.222 e. The van der Waals surface area contributed by atoms with Crippen LogP contribution in [0.1, 0.15) is 22.4 Å². The van der Waals surface area contributed by atoms with E-state index in [0.29, 0.717) is 17.8 Å². The quantitative estimate of drug-likeness (QED) is 0.853. The van der Waals surface area contributed by atoms with Gasteiger partial charge in [0.15, 0.2) is 0 Å². The van der Waals surface area contributed by atoms with E-state index in [9.17, 15) is 14.4 Å². The number of hydrogen-bond donors (Lipinski definition) is 2. The van der Waals surface area contributed by atoms with Crippen LogP contribution in [0, 0.1) is 36.9 Å². The Morgan fingerprint density at radius 2 is 2.04 bits per heavy atom. The fourth-order valence-electron chi connectivity index (χ4n) is 2.50. The number of benzene rings is 1. The van der Waals surface area contributed by atoms with Crippen LogP contribution in [-0.2, 0) is 11.2 Å². The average molecular weight is 326 g/mol. The minimum Gasteiger partial charge on any atom is -0.369 e. The van der Waals surface area contributed by atoms with Crippen molar-refractivity contribution in [3.8, 4) is 6.07 Å². The van der Waals surface area contributed by atoms with E-state index in [-0.39, 0.29) is 12.4 Å². The molecule has 124 valence electrons. The normalized spacial score (nSPS) is 11.6. The number of aryl methyl sites for hydroxylation is 2. The van der Waals surface area contributed by atoms with Gasteiger partial charge in [0, 0.05) is 12.2 Å². The SMILES string of the molecule is Cc1cc(C)c(C#N)c(NCC(Cc2ccc(F)cc2)C(N)=O)n1. The van der Waals surface area contributed by atoms with Gasteiger partial charge >= 0.3 is 0 Å². The Balaban J connectivity index is 2.14. The first-order valence-electron chi connectivity index (χ1n) is 7.56. The molecule has 24 heavy (non-hydrogen) atoms. The summed E-state index contributed by atoms with van der Waals surface area (Å²) in [4.78, 5) is 16.0. The number of primary amides is 1. The fraction of sp³-hybridized carbons (Fsp3) is 0.278. The van der Waals surface area contributed by atoms with Gasteiger partial charge in [0.1, 0.15) is 17.7 Å². The molecule has 2 aromatic rings. The number of amides is 1. The summed E-state index contributed by atoms with van der Waals surface area (Å²) < 4.78 is 13.0. The second-order valence-corrected chi connectivity index (χ2v) is 5.73. The fourth-order valence-corrected chi connectivity index (χ4v) is 2.50. The molecule has 0 saturated carbocycles. The maximum absolute atomic E-state index is 13.0. The highest BCUT2D eigenvalue weighted by Crippen LogP contribution is 2.18. The van der Waals surface area contributed by atoms with Crippen molar-refractivity contribution < 1.29 is 9.18 Å². The number of hydrogen-bond acceptors (Lipinski definition) is 4. The van der Waals surface area contributed by atoms with Gasteiger partial charge in [0.05, 0.1) is 11.5 Å². The topological polar surface area (TPSA) is 91.8 Å². The summed E-state index contributed by atoms with van der Waals surface area (Å²) in [5.41, 5.74) is 8.34. The molecule has 0 aliphatic carbocycles. The number of nitriles is 1. The van der Waals surface area contributed by atoms with Crippen molar-refractivity contribution in [1.82, 2.24) is 4.98 Å². The second kappa shape index (κ2) is 7.55. The van der Waals surface area contributed by atoms with Crippen LogP contribution in [0.15, 0.2) is 30.3 Å². The lowest BCUT2D eigenvalue weighted by molar-refractivity contribution is -0.121. The van der Waals surface area contributed by atoms with E-state index < -0.39 is 11.8 Å². The van der Waals surface area contributed by atoms with Crippen molar-refractivity contribution in [3.63, 3.8) is 0 Å². The van der Waals surface area contributed by atoms with E-state index >= 15 is 0 Å². The summed E-state index contributed by atoms with van der Waals surface area (Å²) in [5, 5.41) is 12.3. The molecular weight excluding hydrogens is 307 g/mol. The predicted molar refractivity (Wildman–Crippen MR) is 89.7 cm³/mol. The lowest BCUT2D eigenvalue weighted by Crippen LogP contribution is -2.31. The summed E-state index contributed by atoms with van der Waals surface area (Å²) >= 11 is 0. The highest BCUT2D eigenvalue weighted by molar-refractivity contribution is 5.77. The van der Waals surface area contributed by atoms with Gasteiger partial charge in [-0.3, -0.25) is 4.79 Å². The van der Waals surface area contributed by atoms with E-state index in [0.717, 1.165) is 16.8 Å². The maximum atomic E-state index is 13.0. The molecule has 1 aromatic heterocycles. The third-order valence-electron chi connectivity index (χ3n) is 3.77. The van der Waals surface area contributed by atoms with Gasteiger partial charge in [-0.25, -0.2) is 9.37 Å². The van der Waals surface area contributed by atoms with Crippen LogP contribution >= 0.6 is 0 Å². The molecule has 1 heterocycles. The highest BCUT2D eigenvalue weighted by atomic mass is 19.1. The van der Waals surface area contributed by atoms with Crippen LogP contribution in [0.5, 0.6) is 0 Å². The van der Waals surface area contributed by atoms with Crippen molar-refractivity contribution in [2.24, 2.45) is 11.7 Å². The molecule has 5 nitrogen and oxygen atoms in total. The average Bonchev–Trinajstić information content (AvgIpc) is 2.52. The summed E-state index contributed by atoms with van der Waals surface area (Å²) in [7, 11) is 0. The number of nitrogens with one attached hydrogen (secondary N) is 1. The molecular formula is C18H19FN4O. The Hall–Kier alpha value is -2.94. The second-order valence-electron chi connectivity index (χ2n) is 5.73. The van der Waals surface area contributed by atoms with Crippen LogP contribution in [-0.4, -0.2) is 17.4 Å². The molecule has 3 N–H and O–H groups in total. The number of carbonyl (C=O) groups excluding carboxylic acids is 1. The van der Waals surface area contributed by atoms with Crippen LogP contribution in [0.25, 0.3) is 0 Å². The molecule has 1 aromatic carbocycles. The molecule has 0 fully saturated rings. The van der Waals surface area contributed by atoms with Gasteiger partial charge in [-0.15, -0.1) is 0 Å². The Bertz CT molecular complexity index is 781. The van der Waals surface area contributed by atoms with Crippen LogP contribution in [0.3, 0.4) is 0 Å². The highest BCUT2D eigenvalue weighted by Gasteiger charge is 2.18. The molecule has 0 aliphatic heterocycles. The number of aromatic nitrogens is 1. The van der Waals surface area contributed by atoms with Gasteiger partial charge in [0.25, 0.3) is 0 Å². The zero-order valence-electron chi connectivity index (χ0n) is 13.6. The third-order valence-corrected chi connectivity index (χ3v) is 3.77. The van der Waals surface area contributed by atoms with E-state index in [1.54, 1.807) is 12.1 Å². The van der Waals surface area contributed by atoms with Gasteiger partial charge < -0.3 is 11.1 Å². The van der Waals surface area contributed by atoms with E-state index in [1.807, 2.05) is 19.9 Å². The lowest BCUT2D eigenvalue weighted by Gasteiger charge is -2.16. The van der Waals surface area contributed by atoms with Gasteiger partial charge in [0.2, 0.25) is 5.91 Å². The zero-order valence-corrected chi connectivity index (χ0v) is 13.6. The van der Waals surface area contributed by atoms with Crippen molar-refractivity contribution in [2.75, 3.05) is 11.9 Å². The minimum atomic E-state index is -0.496. The molecule has 6 heteroatoms. The van der Waals surface area contributed by atoms with Gasteiger partial charge in [-0.05, 0) is 49.6 Å². The number of anilines is 1. The Morgan fingerprint density at radius 1 is 1.38 bits per heavy atom. The van der Waals surface area contributed by atoms with E-state index in [1.165, 1.54) is 12.1 Å². The molecule has 1 atom stereocenters. The van der Waals surface area contributed by atoms with Crippen LogP contribution in [0.4, 0.5) is 10.2 Å². The predicted octanol–water partition coefficient (Wildman–Crippen LogP) is 2.47. The van der Waals surface area contributed by atoms with Crippen LogP contribution in [0.2, 0.25) is 0 Å². The van der Waals surface area contributed by atoms with E-state index in [4.69, 9.17) is 5.73 Å². The number of nitrogens with zero attached hydrogens (tertiary/aromatic N) is 2. The Labute approximate surface area is 140 Å². The minimum absolute atomic E-state index is 0.247. The van der Waals surface area contributed by atoms with Gasteiger partial charge in [-0.2, -0.15) is 5.26 Å². The van der Waals surface area contributed by atoms with Crippen molar-refractivity contribution in [2.45, 2.75) is 20.3 Å². The third kappa shape index (κ3) is 4.29. The summed E-state index contributed by atoms with van der Waals surface area (Å²) in [5.74, 6) is -0.842. The summed E-state index contributed by atoms with van der Waals surface area (Å²) in [6.07, 6.45) is 0.384. The zero-order chi connectivity index (χ0) is 17.7. The molecule has 2 rings (SSSR count). The number of halogens is 1. The summed E-state index contributed by atoms with van der Waals surface area (Å²) in [6.45, 7) is 3.92. The Kier molecular flexibility index (Phi) is 5.48. The van der Waals surface area contributed by atoms with Crippen molar-refractivity contribution >= 4 is 11.7 Å². The van der Waals surface area contributed by atoms with Gasteiger partial charge in [-0.1, -0.05) is 12.1 Å². The van der Waals surface area contributed by atoms with Crippen molar-refractivity contribution in [1.29, 1.82) is 5.26 Å². The largest absolute Gasteiger partial charge is 0.369 e. The number of carbonyl (C=O) groups is 1. The first-order valence-corrected chi connectivity index (χ1v) is 7.56. The summed E-state index contributed by atoms with van der Waals surface area (Å²) in [6, 6.07) is 9.89. The molecule has 0 bridgehead atoms. The molecule has 0 radical (unpaired) electrons. The molecule has 0 aliphatic rings. The first kappa shape index (κ1) is 17.4. The lowest BCUT2D eigenvalue weighted by atomic mass is 9.98. The number of pyridine rings is 1. The molecule has 0 saturated heterocycles. The Morgan fingerprint density at radius 3 is 2.62 bits per heavy atom. The van der Waals surface area contributed by atoms with Crippen molar-refractivity contribution in [3.05, 3.63) is 58.5 Å². The molecule has 1 amide bonds. The molecule has 1 unspecified atom stereocenters. The number of nitrogens with two attached hydrogens (primary N) is 1. The molecule has 0 spiro atoms. The van der Waals surface area contributed by atoms with E-state index in [2.05, 4.69) is 16.4 Å². The first-order chi connectivity index (χ1) is 11.4. The standard InChI is InChI=1S/C18H19FN4O/c1-11-7-12(2)23-18(16(11)9-20)22-10-14(17(21)24)8-13-3-5-15(19)6-4-13/h3-7,14H,8,10H2,1-2H3,(H2,21,24)(H,22,23). The maximum Gasteiger partial charge on any atom is 0.222 e. The monoisotopic (exact) mass is 326 g/mol. The number of rotatable bonds is 6. The van der Waals surface area contributed by atoms with Crippen LogP contribution < -0.4 is 11.1 Å².